The lowest BCUT2D eigenvalue weighted by molar-refractivity contribution is -0.122. The van der Waals surface area contributed by atoms with Gasteiger partial charge in [-0.1, -0.05) is 41.9 Å². The largest absolute Gasteiger partial charge is 0.454 e. The zero-order valence-corrected chi connectivity index (χ0v) is 20.2. The normalized spacial score (nSPS) is 21.2. The zero-order chi connectivity index (χ0) is 25.2. The highest BCUT2D eigenvalue weighted by atomic mass is 35.5. The summed E-state index contributed by atoms with van der Waals surface area (Å²) in [5.74, 6) is -1.75. The van der Waals surface area contributed by atoms with E-state index in [1.54, 1.807) is 36.4 Å². The third-order valence-electron chi connectivity index (χ3n) is 7.06. The number of carbonyl (C=O) groups excluding carboxylic acids is 4. The van der Waals surface area contributed by atoms with Gasteiger partial charge in [-0.2, -0.15) is 0 Å². The number of esters is 1. The highest BCUT2D eigenvalue weighted by Crippen LogP contribution is 2.45. The number of hydrogen-bond donors (Lipinski definition) is 0. The molecule has 1 saturated carbocycles. The van der Waals surface area contributed by atoms with Gasteiger partial charge in [0.25, 0.3) is 0 Å². The topological polar surface area (TPSA) is 80.8 Å². The molecule has 1 saturated heterocycles. The summed E-state index contributed by atoms with van der Waals surface area (Å²) in [4.78, 5) is 52.3. The van der Waals surface area contributed by atoms with E-state index in [0.29, 0.717) is 29.1 Å². The maximum atomic E-state index is 13.2. The Morgan fingerprint density at radius 2 is 1.44 bits per heavy atom. The van der Waals surface area contributed by atoms with Gasteiger partial charge in [0.2, 0.25) is 11.8 Å². The van der Waals surface area contributed by atoms with Crippen LogP contribution < -0.4 is 4.90 Å². The summed E-state index contributed by atoms with van der Waals surface area (Å²) in [7, 11) is 0. The number of Topliss-reactive ketones (excluding diaryl/α,β-unsaturated/α-hetero) is 1. The first-order valence-electron chi connectivity index (χ1n) is 11.9. The number of amides is 2. The Kier molecular flexibility index (Phi) is 6.70. The summed E-state index contributed by atoms with van der Waals surface area (Å²) in [6.07, 6.45) is 2.21. The second-order valence-corrected chi connectivity index (χ2v) is 9.64. The minimum atomic E-state index is -0.665. The fourth-order valence-electron chi connectivity index (χ4n) is 5.14. The van der Waals surface area contributed by atoms with Crippen LogP contribution in [0, 0.1) is 11.8 Å². The molecule has 6 nitrogen and oxygen atoms in total. The number of hydrogen-bond acceptors (Lipinski definition) is 5. The first-order chi connectivity index (χ1) is 17.4. The molecule has 3 aromatic rings. The van der Waals surface area contributed by atoms with Gasteiger partial charge in [0.15, 0.2) is 12.4 Å². The summed E-state index contributed by atoms with van der Waals surface area (Å²) in [6, 6.07) is 22.6. The van der Waals surface area contributed by atoms with Crippen LogP contribution in [0.5, 0.6) is 0 Å². The number of nitrogens with zero attached hydrogens (tertiary/aromatic N) is 1. The van der Waals surface area contributed by atoms with Crippen LogP contribution in [-0.4, -0.2) is 30.2 Å². The molecule has 7 heteroatoms. The number of ketones is 1. The molecule has 2 amide bonds. The van der Waals surface area contributed by atoms with Gasteiger partial charge in [0, 0.05) is 10.6 Å². The Balaban J connectivity index is 1.23. The number of halogens is 1. The van der Waals surface area contributed by atoms with Crippen LogP contribution in [0.4, 0.5) is 5.69 Å². The Morgan fingerprint density at radius 1 is 0.806 bits per heavy atom. The lowest BCUT2D eigenvalue weighted by Crippen LogP contribution is -2.30. The molecule has 0 spiro atoms. The molecular weight excluding hydrogens is 478 g/mol. The van der Waals surface area contributed by atoms with Crippen molar-refractivity contribution in [2.24, 2.45) is 11.8 Å². The zero-order valence-electron chi connectivity index (χ0n) is 19.4. The van der Waals surface area contributed by atoms with Gasteiger partial charge in [-0.05, 0) is 79.3 Å². The van der Waals surface area contributed by atoms with Crippen LogP contribution in [0.1, 0.15) is 51.5 Å². The summed E-state index contributed by atoms with van der Waals surface area (Å²) in [5.41, 5.74) is 2.25. The molecule has 0 N–H and O–H groups in total. The van der Waals surface area contributed by atoms with E-state index < -0.39 is 12.6 Å². The van der Waals surface area contributed by atoms with Crippen molar-refractivity contribution in [2.45, 2.75) is 25.2 Å². The molecule has 182 valence electrons. The number of rotatable bonds is 6. The SMILES string of the molecule is O=C(COC(=O)c1ccc(N2C(=O)[C@H]3CC[C@H](c4ccccc4)C[C@H]3C2=O)cc1)c1ccc(Cl)cc1. The molecule has 0 unspecified atom stereocenters. The molecule has 3 aromatic carbocycles. The van der Waals surface area contributed by atoms with Crippen LogP contribution >= 0.6 is 11.6 Å². The molecule has 1 aliphatic heterocycles. The van der Waals surface area contributed by atoms with Crippen molar-refractivity contribution < 1.29 is 23.9 Å². The van der Waals surface area contributed by atoms with E-state index in [9.17, 15) is 19.2 Å². The molecule has 1 aliphatic carbocycles. The van der Waals surface area contributed by atoms with Crippen molar-refractivity contribution in [3.8, 4) is 0 Å². The van der Waals surface area contributed by atoms with E-state index in [1.807, 2.05) is 18.2 Å². The van der Waals surface area contributed by atoms with Gasteiger partial charge in [-0.15, -0.1) is 0 Å². The minimum Gasteiger partial charge on any atom is -0.454 e. The average Bonchev–Trinajstić information content (AvgIpc) is 3.17. The molecule has 0 bridgehead atoms. The first kappa shape index (κ1) is 23.9. The molecule has 2 fully saturated rings. The van der Waals surface area contributed by atoms with E-state index in [2.05, 4.69) is 12.1 Å². The summed E-state index contributed by atoms with van der Waals surface area (Å²) in [6.45, 7) is -0.406. The van der Waals surface area contributed by atoms with Crippen LogP contribution in [0.15, 0.2) is 78.9 Å². The maximum Gasteiger partial charge on any atom is 0.338 e. The maximum absolute atomic E-state index is 13.2. The van der Waals surface area contributed by atoms with Gasteiger partial charge in [-0.25, -0.2) is 4.79 Å². The molecule has 0 radical (unpaired) electrons. The van der Waals surface area contributed by atoms with Crippen molar-refractivity contribution >= 4 is 40.9 Å². The van der Waals surface area contributed by atoms with Crippen molar-refractivity contribution in [3.05, 3.63) is 101 Å². The second-order valence-electron chi connectivity index (χ2n) is 9.20. The Hall–Kier alpha value is -3.77. The summed E-state index contributed by atoms with van der Waals surface area (Å²) >= 11 is 5.83. The van der Waals surface area contributed by atoms with Crippen molar-refractivity contribution in [3.63, 3.8) is 0 Å². The van der Waals surface area contributed by atoms with Crippen molar-refractivity contribution in [1.82, 2.24) is 0 Å². The van der Waals surface area contributed by atoms with Crippen LogP contribution in [-0.2, 0) is 14.3 Å². The smallest absolute Gasteiger partial charge is 0.338 e. The monoisotopic (exact) mass is 501 g/mol. The molecular formula is C29H24ClNO5. The molecule has 36 heavy (non-hydrogen) atoms. The summed E-state index contributed by atoms with van der Waals surface area (Å²) in [5, 5.41) is 0.508. The summed E-state index contributed by atoms with van der Waals surface area (Å²) < 4.78 is 5.14. The van der Waals surface area contributed by atoms with E-state index in [1.165, 1.54) is 22.6 Å². The molecule has 1 heterocycles. The highest BCUT2D eigenvalue weighted by Gasteiger charge is 2.50. The Labute approximate surface area is 213 Å². The highest BCUT2D eigenvalue weighted by molar-refractivity contribution is 6.30. The quantitative estimate of drug-likeness (QED) is 0.255. The third kappa shape index (κ3) is 4.69. The molecule has 0 aromatic heterocycles. The van der Waals surface area contributed by atoms with Crippen LogP contribution in [0.25, 0.3) is 0 Å². The average molecular weight is 502 g/mol. The lowest BCUT2D eigenvalue weighted by atomic mass is 9.73. The van der Waals surface area contributed by atoms with Crippen molar-refractivity contribution in [1.29, 1.82) is 0 Å². The number of carbonyl (C=O) groups is 4. The van der Waals surface area contributed by atoms with Gasteiger partial charge in [-0.3, -0.25) is 19.3 Å². The fraction of sp³-hybridized carbons (Fsp3) is 0.241. The first-order valence-corrected chi connectivity index (χ1v) is 12.3. The molecule has 2 aliphatic rings. The molecule has 3 atom stereocenters. The van der Waals surface area contributed by atoms with E-state index in [0.717, 1.165) is 6.42 Å². The van der Waals surface area contributed by atoms with E-state index >= 15 is 0 Å². The predicted octanol–water partition coefficient (Wildman–Crippen LogP) is 5.45. The van der Waals surface area contributed by atoms with Gasteiger partial charge in [0.05, 0.1) is 23.1 Å². The van der Waals surface area contributed by atoms with Crippen LogP contribution in [0.3, 0.4) is 0 Å². The number of imide groups is 1. The van der Waals surface area contributed by atoms with Gasteiger partial charge in [0.1, 0.15) is 0 Å². The number of ether oxygens (including phenoxy) is 1. The van der Waals surface area contributed by atoms with Gasteiger partial charge < -0.3 is 4.74 Å². The van der Waals surface area contributed by atoms with Crippen molar-refractivity contribution in [2.75, 3.05) is 11.5 Å². The fourth-order valence-corrected chi connectivity index (χ4v) is 5.27. The standard InChI is InChI=1S/C29H24ClNO5/c30-22-11-6-19(7-12-22)26(32)17-36-29(35)20-8-13-23(14-9-20)31-27(33)24-15-10-21(16-25(24)28(31)34)18-4-2-1-3-5-18/h1-9,11-14,21,24-25H,10,15-17H2/t21-,24-,25+/m0/s1. The number of benzene rings is 3. The van der Waals surface area contributed by atoms with E-state index in [-0.39, 0.29) is 40.9 Å². The Morgan fingerprint density at radius 3 is 2.14 bits per heavy atom. The lowest BCUT2D eigenvalue weighted by Gasteiger charge is -2.28. The number of fused-ring (bicyclic) bond motifs is 1. The van der Waals surface area contributed by atoms with E-state index in [4.69, 9.17) is 16.3 Å². The predicted molar refractivity (Wildman–Crippen MR) is 135 cm³/mol. The Bertz CT molecular complexity index is 1300. The molecule has 5 rings (SSSR count). The third-order valence-corrected chi connectivity index (χ3v) is 7.31. The van der Waals surface area contributed by atoms with Gasteiger partial charge >= 0.3 is 5.97 Å². The number of anilines is 1. The minimum absolute atomic E-state index is 0.180. The van der Waals surface area contributed by atoms with Crippen LogP contribution in [0.2, 0.25) is 5.02 Å². The second kappa shape index (κ2) is 10.1.